The van der Waals surface area contributed by atoms with E-state index in [1.807, 2.05) is 53.1 Å². The number of esters is 2. The van der Waals surface area contributed by atoms with Gasteiger partial charge in [0, 0.05) is 30.3 Å². The van der Waals surface area contributed by atoms with Gasteiger partial charge in [0.1, 0.15) is 5.69 Å². The molecule has 0 saturated carbocycles. The lowest BCUT2D eigenvalue weighted by Gasteiger charge is -2.12. The smallest absolute Gasteiger partial charge is 0.355 e. The fraction of sp³-hybridized carbons (Fsp3) is 0.514. The molecule has 0 spiro atoms. The van der Waals surface area contributed by atoms with Crippen molar-refractivity contribution in [3.8, 4) is 0 Å². The third-order valence-electron chi connectivity index (χ3n) is 7.51. The molecule has 3 aromatic rings. The van der Waals surface area contributed by atoms with E-state index in [0.717, 1.165) is 41.3 Å². The van der Waals surface area contributed by atoms with E-state index in [1.165, 1.54) is 38.5 Å². The van der Waals surface area contributed by atoms with Crippen molar-refractivity contribution in [2.45, 2.75) is 104 Å². The van der Waals surface area contributed by atoms with Crippen molar-refractivity contribution in [1.29, 1.82) is 0 Å². The first kappa shape index (κ1) is 32.1. The van der Waals surface area contributed by atoms with Crippen molar-refractivity contribution in [3.63, 3.8) is 0 Å². The zero-order valence-electron chi connectivity index (χ0n) is 25.2. The van der Waals surface area contributed by atoms with E-state index in [-0.39, 0.29) is 18.4 Å². The highest BCUT2D eigenvalue weighted by Crippen LogP contribution is 2.30. The Balaban J connectivity index is 1.76. The number of rotatable bonds is 19. The van der Waals surface area contributed by atoms with E-state index in [1.54, 1.807) is 13.8 Å². The molecule has 0 atom stereocenters. The van der Waals surface area contributed by atoms with Gasteiger partial charge in [-0.3, -0.25) is 9.59 Å². The third kappa shape index (κ3) is 9.58. The van der Waals surface area contributed by atoms with Crippen LogP contribution in [0, 0.1) is 0 Å². The van der Waals surface area contributed by atoms with Crippen LogP contribution in [0.3, 0.4) is 0 Å². The van der Waals surface area contributed by atoms with Crippen LogP contribution in [-0.2, 0) is 27.2 Å². The largest absolute Gasteiger partial charge is 0.466 e. The Kier molecular flexibility index (Phi) is 13.6. The van der Waals surface area contributed by atoms with E-state index >= 15 is 0 Å². The number of ether oxygens (including phenoxy) is 2. The monoisotopic (exact) mass is 561 g/mol. The summed E-state index contributed by atoms with van der Waals surface area (Å²) >= 11 is 0. The second-order valence-electron chi connectivity index (χ2n) is 10.7. The minimum atomic E-state index is -0.467. The van der Waals surface area contributed by atoms with Gasteiger partial charge in [0.05, 0.1) is 18.8 Å². The number of benzene rings is 2. The number of fused-ring (bicyclic) bond motifs is 1. The summed E-state index contributed by atoms with van der Waals surface area (Å²) in [5.41, 5.74) is 3.69. The Morgan fingerprint density at radius 3 is 1.95 bits per heavy atom. The number of aromatic nitrogens is 1. The van der Waals surface area contributed by atoms with Gasteiger partial charge >= 0.3 is 11.9 Å². The second kappa shape index (κ2) is 17.4. The number of Topliss-reactive ketones (excluding diaryl/α,β-unsaturated/α-hetero) is 1. The standard InChI is InChI=1S/C35H47NO5/c1-4-7-8-9-10-11-12-13-14-19-31(37)33-29-17-15-16-18-30(29)36(34(33)35(39)41-6-3)26-28-22-20-27(21-23-28)24-25-32(38)40-5-2/h15-18,20-23H,4-14,19,24-26H2,1-3H3. The normalized spacial score (nSPS) is 11.1. The number of hydrogen-bond acceptors (Lipinski definition) is 5. The Morgan fingerprint density at radius 2 is 1.29 bits per heavy atom. The van der Waals surface area contributed by atoms with Crippen LogP contribution in [0.15, 0.2) is 48.5 Å². The molecule has 6 heteroatoms. The molecular weight excluding hydrogens is 514 g/mol. The zero-order valence-corrected chi connectivity index (χ0v) is 25.2. The third-order valence-corrected chi connectivity index (χ3v) is 7.51. The first-order chi connectivity index (χ1) is 20.0. The molecule has 0 fully saturated rings. The van der Waals surface area contributed by atoms with Crippen molar-refractivity contribution in [2.24, 2.45) is 0 Å². The quantitative estimate of drug-likeness (QED) is 0.0834. The molecule has 1 aromatic heterocycles. The first-order valence-electron chi connectivity index (χ1n) is 15.5. The zero-order chi connectivity index (χ0) is 29.5. The molecule has 0 aliphatic carbocycles. The molecule has 0 N–H and O–H groups in total. The molecular formula is C35H47NO5. The Morgan fingerprint density at radius 1 is 0.683 bits per heavy atom. The lowest BCUT2D eigenvalue weighted by atomic mass is 10.00. The minimum Gasteiger partial charge on any atom is -0.466 e. The number of aryl methyl sites for hydroxylation is 1. The number of hydrogen-bond donors (Lipinski definition) is 0. The van der Waals surface area contributed by atoms with Crippen LogP contribution in [0.2, 0.25) is 0 Å². The van der Waals surface area contributed by atoms with Crippen LogP contribution in [0.25, 0.3) is 10.9 Å². The highest BCUT2D eigenvalue weighted by atomic mass is 16.5. The molecule has 0 bridgehead atoms. The molecule has 41 heavy (non-hydrogen) atoms. The predicted octanol–water partition coefficient (Wildman–Crippen LogP) is 8.47. The van der Waals surface area contributed by atoms with Crippen LogP contribution >= 0.6 is 0 Å². The van der Waals surface area contributed by atoms with Crippen molar-refractivity contribution < 1.29 is 23.9 Å². The van der Waals surface area contributed by atoms with Gasteiger partial charge in [0.25, 0.3) is 0 Å². The van der Waals surface area contributed by atoms with E-state index in [2.05, 4.69) is 6.92 Å². The van der Waals surface area contributed by atoms with Crippen molar-refractivity contribution >= 4 is 28.6 Å². The number of carbonyl (C=O) groups is 3. The molecule has 0 amide bonds. The summed E-state index contributed by atoms with van der Waals surface area (Å²) in [6, 6.07) is 15.7. The summed E-state index contributed by atoms with van der Waals surface area (Å²) in [5, 5.41) is 0.794. The Labute approximate surface area is 245 Å². The van der Waals surface area contributed by atoms with Gasteiger partial charge in [0.2, 0.25) is 0 Å². The Hall–Kier alpha value is -3.41. The summed E-state index contributed by atoms with van der Waals surface area (Å²) < 4.78 is 12.4. The van der Waals surface area contributed by atoms with E-state index in [0.29, 0.717) is 43.7 Å². The van der Waals surface area contributed by atoms with Gasteiger partial charge in [0.15, 0.2) is 5.78 Å². The van der Waals surface area contributed by atoms with E-state index in [4.69, 9.17) is 9.47 Å². The topological polar surface area (TPSA) is 74.6 Å². The maximum Gasteiger partial charge on any atom is 0.355 e. The maximum absolute atomic E-state index is 13.6. The van der Waals surface area contributed by atoms with Gasteiger partial charge in [-0.1, -0.05) is 101 Å². The predicted molar refractivity (Wildman–Crippen MR) is 165 cm³/mol. The number of ketones is 1. The molecule has 0 unspecified atom stereocenters. The van der Waals surface area contributed by atoms with Crippen LogP contribution in [-0.4, -0.2) is 35.5 Å². The lowest BCUT2D eigenvalue weighted by molar-refractivity contribution is -0.143. The molecule has 6 nitrogen and oxygen atoms in total. The average Bonchev–Trinajstić information content (AvgIpc) is 3.30. The van der Waals surface area contributed by atoms with E-state index in [9.17, 15) is 14.4 Å². The SMILES string of the molecule is CCCCCCCCCCCC(=O)c1c(C(=O)OCC)n(Cc2ccc(CCC(=O)OCC)cc2)c2ccccc12. The van der Waals surface area contributed by atoms with Crippen LogP contribution < -0.4 is 0 Å². The van der Waals surface area contributed by atoms with Crippen LogP contribution in [0.5, 0.6) is 0 Å². The van der Waals surface area contributed by atoms with Crippen LogP contribution in [0.1, 0.15) is 123 Å². The van der Waals surface area contributed by atoms with Gasteiger partial charge in [-0.25, -0.2) is 4.79 Å². The second-order valence-corrected chi connectivity index (χ2v) is 10.7. The van der Waals surface area contributed by atoms with Gasteiger partial charge in [-0.15, -0.1) is 0 Å². The number of carbonyl (C=O) groups excluding carboxylic acids is 3. The maximum atomic E-state index is 13.6. The summed E-state index contributed by atoms with van der Waals surface area (Å²) in [6.07, 6.45) is 12.0. The number of unbranched alkanes of at least 4 members (excludes halogenated alkanes) is 8. The lowest BCUT2D eigenvalue weighted by Crippen LogP contribution is -2.17. The van der Waals surface area contributed by atoms with Crippen molar-refractivity contribution in [3.05, 3.63) is 70.9 Å². The van der Waals surface area contributed by atoms with Crippen molar-refractivity contribution in [1.82, 2.24) is 4.57 Å². The number of para-hydroxylation sites is 1. The highest BCUT2D eigenvalue weighted by Gasteiger charge is 2.27. The average molecular weight is 562 g/mol. The highest BCUT2D eigenvalue weighted by molar-refractivity contribution is 6.15. The molecule has 1 heterocycles. The summed E-state index contributed by atoms with van der Waals surface area (Å²) in [7, 11) is 0. The molecule has 0 aliphatic heterocycles. The molecule has 3 rings (SSSR count). The minimum absolute atomic E-state index is 0.000243. The molecule has 0 radical (unpaired) electrons. The molecule has 0 aliphatic rings. The summed E-state index contributed by atoms with van der Waals surface area (Å²) in [6.45, 7) is 6.87. The first-order valence-corrected chi connectivity index (χ1v) is 15.5. The fourth-order valence-corrected chi connectivity index (χ4v) is 5.36. The molecule has 2 aromatic carbocycles. The van der Waals surface area contributed by atoms with Crippen LogP contribution in [0.4, 0.5) is 0 Å². The van der Waals surface area contributed by atoms with Gasteiger partial charge < -0.3 is 14.0 Å². The van der Waals surface area contributed by atoms with Crippen molar-refractivity contribution in [2.75, 3.05) is 13.2 Å². The van der Waals surface area contributed by atoms with Gasteiger partial charge in [-0.2, -0.15) is 0 Å². The number of nitrogens with zero attached hydrogens (tertiary/aromatic N) is 1. The molecule has 222 valence electrons. The summed E-state index contributed by atoms with van der Waals surface area (Å²) in [5.74, 6) is -0.667. The fourth-order valence-electron chi connectivity index (χ4n) is 5.36. The summed E-state index contributed by atoms with van der Waals surface area (Å²) in [4.78, 5) is 38.6. The van der Waals surface area contributed by atoms with Gasteiger partial charge in [-0.05, 0) is 43.9 Å². The van der Waals surface area contributed by atoms with E-state index < -0.39 is 5.97 Å². The molecule has 0 saturated heterocycles. The Bertz CT molecular complexity index is 1260.